The van der Waals surface area contributed by atoms with Crippen molar-refractivity contribution in [3.8, 4) is 5.75 Å². The van der Waals surface area contributed by atoms with E-state index in [1.54, 1.807) is 6.07 Å². The second-order valence-electron chi connectivity index (χ2n) is 8.18. The molecule has 2 atom stereocenters. The van der Waals surface area contributed by atoms with Crippen LogP contribution < -0.4 is 21.5 Å². The Balaban J connectivity index is 1.56. The van der Waals surface area contributed by atoms with Gasteiger partial charge in [0.05, 0.1) is 36.6 Å². The number of morpholine rings is 1. The number of rotatable bonds is 8. The Kier molecular flexibility index (Phi) is 6.95. The maximum atomic E-state index is 13.0. The standard InChI is InChI=1S/C25H27N3O6/c1-2-18(15-7-4-3-5-8-15)26-20-21(24(32)23(20)31)27-19-10-6-9-17(22(19)30)25(33)28-11-12-34-16(13-28)14-29/h3-10,16,18,26-27,29-30H,2,11-14H2,1H3/t16?,18-/m1/s1. The number of amides is 1. The van der Waals surface area contributed by atoms with E-state index in [0.29, 0.717) is 13.0 Å². The fraction of sp³-hybridized carbons (Fsp3) is 0.320. The van der Waals surface area contributed by atoms with Gasteiger partial charge >= 0.3 is 0 Å². The third-order valence-electron chi connectivity index (χ3n) is 5.99. The summed E-state index contributed by atoms with van der Waals surface area (Å²) in [5, 5.41) is 26.1. The number of aliphatic hydroxyl groups excluding tert-OH is 1. The predicted octanol–water partition coefficient (Wildman–Crippen LogP) is 2.13. The molecule has 1 amide bonds. The Morgan fingerprint density at radius 3 is 2.56 bits per heavy atom. The van der Waals surface area contributed by atoms with E-state index in [1.807, 2.05) is 37.3 Å². The van der Waals surface area contributed by atoms with E-state index in [2.05, 4.69) is 10.6 Å². The summed E-state index contributed by atoms with van der Waals surface area (Å²) < 4.78 is 5.38. The van der Waals surface area contributed by atoms with Crippen LogP contribution in [0.2, 0.25) is 0 Å². The first-order chi connectivity index (χ1) is 16.4. The molecule has 1 heterocycles. The molecule has 0 bridgehead atoms. The number of aliphatic hydroxyl groups is 1. The topological polar surface area (TPSA) is 128 Å². The third kappa shape index (κ3) is 4.52. The average molecular weight is 466 g/mol. The molecule has 1 unspecified atom stereocenters. The van der Waals surface area contributed by atoms with Gasteiger partial charge in [-0.05, 0) is 24.1 Å². The molecule has 1 fully saturated rings. The lowest BCUT2D eigenvalue weighted by Crippen LogP contribution is -2.46. The van der Waals surface area contributed by atoms with Crippen LogP contribution in [0.3, 0.4) is 0 Å². The van der Waals surface area contributed by atoms with Crippen molar-refractivity contribution in [2.75, 3.05) is 36.9 Å². The van der Waals surface area contributed by atoms with E-state index in [0.717, 1.165) is 5.56 Å². The highest BCUT2D eigenvalue weighted by molar-refractivity contribution is 5.99. The molecule has 9 heteroatoms. The molecule has 9 nitrogen and oxygen atoms in total. The summed E-state index contributed by atoms with van der Waals surface area (Å²) in [6.07, 6.45) is 0.209. The van der Waals surface area contributed by atoms with Gasteiger partial charge < -0.3 is 30.5 Å². The monoisotopic (exact) mass is 465 g/mol. The second kappa shape index (κ2) is 10.1. The number of ether oxygens (including phenoxy) is 1. The number of hydrogen-bond donors (Lipinski definition) is 4. The Morgan fingerprint density at radius 1 is 1.12 bits per heavy atom. The van der Waals surface area contributed by atoms with Crippen LogP contribution in [0.5, 0.6) is 5.75 Å². The van der Waals surface area contributed by atoms with Gasteiger partial charge in [-0.2, -0.15) is 0 Å². The van der Waals surface area contributed by atoms with Gasteiger partial charge in [-0.25, -0.2) is 0 Å². The van der Waals surface area contributed by atoms with E-state index in [4.69, 9.17) is 4.74 Å². The largest absolute Gasteiger partial charge is 0.505 e. The molecule has 0 saturated carbocycles. The number of carbonyl (C=O) groups excluding carboxylic acids is 1. The third-order valence-corrected chi connectivity index (χ3v) is 5.99. The highest BCUT2D eigenvalue weighted by Crippen LogP contribution is 2.33. The van der Waals surface area contributed by atoms with E-state index < -0.39 is 22.9 Å². The van der Waals surface area contributed by atoms with E-state index in [9.17, 15) is 24.6 Å². The van der Waals surface area contributed by atoms with Crippen LogP contribution >= 0.6 is 0 Å². The number of phenolic OH excluding ortho intramolecular Hbond substituents is 1. The van der Waals surface area contributed by atoms with Gasteiger partial charge in [-0.15, -0.1) is 0 Å². The van der Waals surface area contributed by atoms with Crippen LogP contribution in [0.4, 0.5) is 17.1 Å². The molecule has 3 aromatic rings. The lowest BCUT2D eigenvalue weighted by Gasteiger charge is -2.32. The van der Waals surface area contributed by atoms with Gasteiger partial charge in [0.25, 0.3) is 16.8 Å². The first-order valence-electron chi connectivity index (χ1n) is 11.2. The van der Waals surface area contributed by atoms with Gasteiger partial charge in [0.1, 0.15) is 11.4 Å². The van der Waals surface area contributed by atoms with Crippen molar-refractivity contribution in [3.63, 3.8) is 0 Å². The minimum absolute atomic E-state index is 0.0472. The summed E-state index contributed by atoms with van der Waals surface area (Å²) in [7, 11) is 0. The number of aromatic hydroxyl groups is 1. The summed E-state index contributed by atoms with van der Waals surface area (Å²) >= 11 is 0. The molecule has 1 aliphatic heterocycles. The smallest absolute Gasteiger partial charge is 0.257 e. The number of benzene rings is 2. The molecule has 0 spiro atoms. The van der Waals surface area contributed by atoms with E-state index in [-0.39, 0.29) is 54.2 Å². The van der Waals surface area contributed by atoms with Gasteiger partial charge in [-0.3, -0.25) is 14.4 Å². The summed E-state index contributed by atoms with van der Waals surface area (Å²) in [6.45, 7) is 2.58. The van der Waals surface area contributed by atoms with Crippen molar-refractivity contribution in [3.05, 3.63) is 80.1 Å². The van der Waals surface area contributed by atoms with Gasteiger partial charge in [0.15, 0.2) is 5.75 Å². The fourth-order valence-electron chi connectivity index (χ4n) is 4.07. The number of nitrogens with one attached hydrogen (secondary N) is 2. The summed E-state index contributed by atoms with van der Waals surface area (Å²) in [6, 6.07) is 14.0. The van der Waals surface area contributed by atoms with Gasteiger partial charge in [0, 0.05) is 13.1 Å². The molecular weight excluding hydrogens is 438 g/mol. The number of phenols is 1. The van der Waals surface area contributed by atoms with E-state index >= 15 is 0 Å². The van der Waals surface area contributed by atoms with Crippen molar-refractivity contribution in [1.82, 2.24) is 4.90 Å². The highest BCUT2D eigenvalue weighted by atomic mass is 16.5. The molecule has 3 aromatic carbocycles. The van der Waals surface area contributed by atoms with Crippen molar-refractivity contribution >= 4 is 23.0 Å². The van der Waals surface area contributed by atoms with Crippen molar-refractivity contribution in [2.45, 2.75) is 25.5 Å². The molecule has 0 aliphatic carbocycles. The highest BCUT2D eigenvalue weighted by Gasteiger charge is 2.28. The van der Waals surface area contributed by atoms with Crippen LogP contribution in [0, 0.1) is 0 Å². The maximum absolute atomic E-state index is 13.0. The predicted molar refractivity (Wildman–Crippen MR) is 129 cm³/mol. The lowest BCUT2D eigenvalue weighted by atomic mass is 10.0. The molecule has 178 valence electrons. The molecule has 4 N–H and O–H groups in total. The Bertz CT molecular complexity index is 1240. The fourth-order valence-corrected chi connectivity index (χ4v) is 4.07. The van der Waals surface area contributed by atoms with Crippen LogP contribution in [0.15, 0.2) is 58.1 Å². The first kappa shape index (κ1) is 23.5. The molecule has 34 heavy (non-hydrogen) atoms. The van der Waals surface area contributed by atoms with Crippen molar-refractivity contribution in [1.29, 1.82) is 0 Å². The zero-order valence-corrected chi connectivity index (χ0v) is 18.8. The SMILES string of the molecule is CC[C@@H](Nc1c(Nc2cccc(C(=O)N3CCOC(CO)C3)c2O)c(=O)c1=O)c1ccccc1. The Hall–Kier alpha value is -3.69. The number of anilines is 3. The summed E-state index contributed by atoms with van der Waals surface area (Å²) in [4.78, 5) is 39.1. The Morgan fingerprint density at radius 2 is 1.85 bits per heavy atom. The molecule has 0 radical (unpaired) electrons. The molecular formula is C25H27N3O6. The van der Waals surface area contributed by atoms with Crippen LogP contribution in [-0.2, 0) is 4.74 Å². The van der Waals surface area contributed by atoms with Crippen LogP contribution in [0.25, 0.3) is 0 Å². The minimum Gasteiger partial charge on any atom is -0.505 e. The van der Waals surface area contributed by atoms with Crippen LogP contribution in [0.1, 0.15) is 35.3 Å². The molecule has 4 rings (SSSR count). The van der Waals surface area contributed by atoms with Crippen molar-refractivity contribution in [2.24, 2.45) is 0 Å². The number of hydrogen-bond acceptors (Lipinski definition) is 8. The lowest BCUT2D eigenvalue weighted by molar-refractivity contribution is -0.0447. The summed E-state index contributed by atoms with van der Waals surface area (Å²) in [5.74, 6) is -0.741. The van der Waals surface area contributed by atoms with Gasteiger partial charge in [0.2, 0.25) is 0 Å². The van der Waals surface area contributed by atoms with Crippen molar-refractivity contribution < 1.29 is 19.7 Å². The molecule has 1 saturated heterocycles. The average Bonchev–Trinajstić information content (AvgIpc) is 2.89. The molecule has 1 aliphatic rings. The second-order valence-corrected chi connectivity index (χ2v) is 8.18. The first-order valence-corrected chi connectivity index (χ1v) is 11.2. The number of para-hydroxylation sites is 1. The quantitative estimate of drug-likeness (QED) is 0.294. The normalized spacial score (nSPS) is 16.9. The van der Waals surface area contributed by atoms with Gasteiger partial charge in [-0.1, -0.05) is 43.3 Å². The number of carbonyl (C=O) groups is 1. The zero-order chi connectivity index (χ0) is 24.2. The minimum atomic E-state index is -0.694. The zero-order valence-electron chi connectivity index (χ0n) is 18.8. The van der Waals surface area contributed by atoms with E-state index in [1.165, 1.54) is 17.0 Å². The number of nitrogens with zero attached hydrogens (tertiary/aromatic N) is 1. The summed E-state index contributed by atoms with van der Waals surface area (Å²) in [5.41, 5.74) is 0.0358. The maximum Gasteiger partial charge on any atom is 0.257 e. The van der Waals surface area contributed by atoms with Crippen LogP contribution in [-0.4, -0.2) is 53.4 Å². The Labute approximate surface area is 196 Å². The molecule has 0 aromatic heterocycles.